The van der Waals surface area contributed by atoms with Gasteiger partial charge in [0.1, 0.15) is 22.3 Å². The summed E-state index contributed by atoms with van der Waals surface area (Å²) in [7, 11) is 1.36. The van der Waals surface area contributed by atoms with E-state index in [0.29, 0.717) is 23.2 Å². The number of pyridine rings is 1. The zero-order valence-electron chi connectivity index (χ0n) is 19.0. The first kappa shape index (κ1) is 22.8. The number of ketones is 1. The highest BCUT2D eigenvalue weighted by molar-refractivity contribution is 7.14. The number of nitrogens with zero attached hydrogens (tertiary/aromatic N) is 3. The number of benzene rings is 1. The maximum absolute atomic E-state index is 14.1. The molecular weight excluding hydrogens is 464 g/mol. The van der Waals surface area contributed by atoms with Crippen LogP contribution in [0, 0.1) is 17.0 Å². The number of aromatic nitrogens is 3. The van der Waals surface area contributed by atoms with E-state index in [4.69, 9.17) is 9.47 Å². The molecule has 2 aliphatic heterocycles. The number of methoxy groups -OCH3 is 1. The van der Waals surface area contributed by atoms with Crippen LogP contribution in [0.1, 0.15) is 47.7 Å². The predicted octanol–water partition coefficient (Wildman–Crippen LogP) is 4.02. The molecule has 0 aliphatic carbocycles. The van der Waals surface area contributed by atoms with Crippen molar-refractivity contribution >= 4 is 17.1 Å². The molecular formula is C24H23F2N3O4S. The van der Waals surface area contributed by atoms with Gasteiger partial charge in [0.05, 0.1) is 30.2 Å². The third-order valence-electron chi connectivity index (χ3n) is 6.95. The van der Waals surface area contributed by atoms with Gasteiger partial charge < -0.3 is 14.0 Å². The van der Waals surface area contributed by atoms with Crippen molar-refractivity contribution in [3.63, 3.8) is 0 Å². The van der Waals surface area contributed by atoms with Crippen molar-refractivity contribution in [2.75, 3.05) is 13.7 Å². The molecule has 1 spiro atoms. The normalized spacial score (nSPS) is 21.1. The van der Waals surface area contributed by atoms with Crippen molar-refractivity contribution < 1.29 is 23.0 Å². The second kappa shape index (κ2) is 8.06. The Morgan fingerprint density at radius 3 is 2.71 bits per heavy atom. The summed E-state index contributed by atoms with van der Waals surface area (Å²) in [6, 6.07) is 3.36. The standard InChI is InChI=1S/C24H23F2N3O4S/c1-23(2)21(31)18-20(32-3)19(30)15(11-29(18)12-24(23)7-4-8-33-24)22-28-27-17(34-22)9-13-5-6-14(25)10-16(13)26/h5-6,10-11H,4,7-9,12H2,1-3H3. The number of hydrogen-bond donors (Lipinski definition) is 0. The van der Waals surface area contributed by atoms with Crippen LogP contribution in [-0.4, -0.2) is 39.9 Å². The maximum atomic E-state index is 14.1. The van der Waals surface area contributed by atoms with Crippen molar-refractivity contribution in [2.45, 2.75) is 45.3 Å². The van der Waals surface area contributed by atoms with Gasteiger partial charge in [-0.2, -0.15) is 0 Å². The summed E-state index contributed by atoms with van der Waals surface area (Å²) in [6.45, 7) is 4.69. The molecule has 34 heavy (non-hydrogen) atoms. The number of halogens is 2. The monoisotopic (exact) mass is 487 g/mol. The number of rotatable bonds is 4. The Morgan fingerprint density at radius 2 is 2.03 bits per heavy atom. The van der Waals surface area contributed by atoms with Gasteiger partial charge in [-0.3, -0.25) is 9.59 Å². The Kier molecular flexibility index (Phi) is 5.40. The molecule has 0 bridgehead atoms. The van der Waals surface area contributed by atoms with Crippen LogP contribution in [0.4, 0.5) is 8.78 Å². The lowest BCUT2D eigenvalue weighted by molar-refractivity contribution is -0.0876. The Balaban J connectivity index is 1.57. The van der Waals surface area contributed by atoms with E-state index in [9.17, 15) is 18.4 Å². The van der Waals surface area contributed by atoms with Gasteiger partial charge in [0.25, 0.3) is 0 Å². The predicted molar refractivity (Wildman–Crippen MR) is 121 cm³/mol. The molecule has 3 aromatic rings. The van der Waals surface area contributed by atoms with Crippen LogP contribution in [-0.2, 0) is 17.7 Å². The van der Waals surface area contributed by atoms with Gasteiger partial charge in [-0.05, 0) is 38.3 Å². The Hall–Kier alpha value is -2.98. The highest BCUT2D eigenvalue weighted by Gasteiger charge is 2.57. The Labute approximate surface area is 198 Å². The topological polar surface area (TPSA) is 83.3 Å². The highest BCUT2D eigenvalue weighted by atomic mass is 32.1. The van der Waals surface area contributed by atoms with Crippen molar-refractivity contribution in [1.29, 1.82) is 0 Å². The van der Waals surface area contributed by atoms with Crippen LogP contribution < -0.4 is 10.2 Å². The maximum Gasteiger partial charge on any atom is 0.234 e. The van der Waals surface area contributed by atoms with Crippen LogP contribution in [0.15, 0.2) is 29.2 Å². The first-order valence-corrected chi connectivity index (χ1v) is 11.8. The summed E-state index contributed by atoms with van der Waals surface area (Å²) in [6.07, 6.45) is 3.31. The average Bonchev–Trinajstić information content (AvgIpc) is 3.45. The Morgan fingerprint density at radius 1 is 1.24 bits per heavy atom. The van der Waals surface area contributed by atoms with Gasteiger partial charge in [-0.1, -0.05) is 17.4 Å². The molecule has 1 saturated heterocycles. The van der Waals surface area contributed by atoms with E-state index in [-0.39, 0.29) is 34.8 Å². The minimum atomic E-state index is -0.820. The van der Waals surface area contributed by atoms with E-state index in [1.54, 1.807) is 10.8 Å². The lowest BCUT2D eigenvalue weighted by Gasteiger charge is -2.47. The smallest absolute Gasteiger partial charge is 0.234 e. The molecule has 7 nitrogen and oxygen atoms in total. The molecule has 4 heterocycles. The minimum absolute atomic E-state index is 0.0373. The van der Waals surface area contributed by atoms with Gasteiger partial charge in [0.15, 0.2) is 16.5 Å². The van der Waals surface area contributed by atoms with Crippen LogP contribution in [0.5, 0.6) is 5.75 Å². The lowest BCUT2D eigenvalue weighted by Crippen LogP contribution is -2.56. The molecule has 10 heteroatoms. The van der Waals surface area contributed by atoms with E-state index in [1.807, 2.05) is 13.8 Å². The fourth-order valence-corrected chi connectivity index (χ4v) is 5.76. The average molecular weight is 488 g/mol. The summed E-state index contributed by atoms with van der Waals surface area (Å²) in [5.74, 6) is -1.57. The Bertz CT molecular complexity index is 1360. The van der Waals surface area contributed by atoms with Crippen molar-refractivity contribution in [3.05, 3.63) is 62.5 Å². The van der Waals surface area contributed by atoms with Crippen LogP contribution in [0.3, 0.4) is 0 Å². The number of carbonyl (C=O) groups excluding carboxylic acids is 1. The summed E-state index contributed by atoms with van der Waals surface area (Å²) in [5.41, 5.74) is -1.21. The van der Waals surface area contributed by atoms with Gasteiger partial charge in [-0.25, -0.2) is 8.78 Å². The summed E-state index contributed by atoms with van der Waals surface area (Å²) >= 11 is 1.13. The second-order valence-electron chi connectivity index (χ2n) is 9.20. The largest absolute Gasteiger partial charge is 0.491 e. The van der Waals surface area contributed by atoms with Crippen molar-refractivity contribution in [2.24, 2.45) is 5.41 Å². The van der Waals surface area contributed by atoms with Crippen LogP contribution in [0.2, 0.25) is 0 Å². The summed E-state index contributed by atoms with van der Waals surface area (Å²) in [4.78, 5) is 26.9. The molecule has 178 valence electrons. The first-order valence-electron chi connectivity index (χ1n) is 10.9. The van der Waals surface area contributed by atoms with Crippen LogP contribution >= 0.6 is 11.3 Å². The summed E-state index contributed by atoms with van der Waals surface area (Å²) in [5, 5.41) is 9.03. The molecule has 1 aromatic carbocycles. The lowest BCUT2D eigenvalue weighted by atomic mass is 9.67. The first-order chi connectivity index (χ1) is 16.2. The number of hydrogen-bond acceptors (Lipinski definition) is 7. The molecule has 1 unspecified atom stereocenters. The zero-order valence-corrected chi connectivity index (χ0v) is 19.8. The minimum Gasteiger partial charge on any atom is -0.491 e. The number of Topliss-reactive ketones (excluding diaryl/α,β-unsaturated/α-hetero) is 1. The zero-order chi connectivity index (χ0) is 24.3. The SMILES string of the molecule is COc1c2n(cc(-c3nnc(Cc4ccc(F)cc4F)s3)c1=O)CC1(CCCO1)C(C)(C)C2=O. The van der Waals surface area contributed by atoms with E-state index in [1.165, 1.54) is 19.2 Å². The quantitative estimate of drug-likeness (QED) is 0.553. The van der Waals surface area contributed by atoms with E-state index in [0.717, 1.165) is 30.2 Å². The summed E-state index contributed by atoms with van der Waals surface area (Å²) < 4.78 is 40.5. The molecule has 0 amide bonds. The number of fused-ring (bicyclic) bond motifs is 1. The molecule has 1 fully saturated rings. The van der Waals surface area contributed by atoms with Gasteiger partial charge >= 0.3 is 0 Å². The molecule has 2 aliphatic rings. The highest BCUT2D eigenvalue weighted by Crippen LogP contribution is 2.49. The van der Waals surface area contributed by atoms with Crippen molar-refractivity contribution in [3.8, 4) is 16.3 Å². The van der Waals surface area contributed by atoms with Gasteiger partial charge in [-0.15, -0.1) is 10.2 Å². The third kappa shape index (κ3) is 3.39. The van der Waals surface area contributed by atoms with Gasteiger partial charge in [0, 0.05) is 25.3 Å². The second-order valence-corrected chi connectivity index (χ2v) is 10.3. The number of ether oxygens (including phenoxy) is 2. The molecule has 5 rings (SSSR count). The van der Waals surface area contributed by atoms with E-state index < -0.39 is 28.1 Å². The van der Waals surface area contributed by atoms with Crippen LogP contribution in [0.25, 0.3) is 10.6 Å². The van der Waals surface area contributed by atoms with E-state index in [2.05, 4.69) is 10.2 Å². The molecule has 0 N–H and O–H groups in total. The third-order valence-corrected chi connectivity index (χ3v) is 7.90. The molecule has 2 aromatic heterocycles. The number of carbonyl (C=O) groups is 1. The van der Waals surface area contributed by atoms with E-state index >= 15 is 0 Å². The fourth-order valence-electron chi connectivity index (χ4n) is 4.89. The molecule has 0 saturated carbocycles. The molecule has 1 atom stereocenters. The molecule has 0 radical (unpaired) electrons. The van der Waals surface area contributed by atoms with Crippen molar-refractivity contribution in [1.82, 2.24) is 14.8 Å². The fraction of sp³-hybridized carbons (Fsp3) is 0.417. The van der Waals surface area contributed by atoms with Gasteiger partial charge in [0.2, 0.25) is 5.43 Å².